The summed E-state index contributed by atoms with van der Waals surface area (Å²) in [5.41, 5.74) is -0.467. The van der Waals surface area contributed by atoms with Crippen LogP contribution in [-0.4, -0.2) is 59.1 Å². The molecule has 1 spiro atoms. The number of rotatable bonds is 5. The highest BCUT2D eigenvalue weighted by Gasteiger charge is 2.57. The normalized spacial score (nSPS) is 28.6. The van der Waals surface area contributed by atoms with E-state index >= 15 is 0 Å². The van der Waals surface area contributed by atoms with E-state index in [-0.39, 0.29) is 11.8 Å². The van der Waals surface area contributed by atoms with Gasteiger partial charge in [-0.3, -0.25) is 9.59 Å². The van der Waals surface area contributed by atoms with Gasteiger partial charge in [0.05, 0.1) is 6.10 Å². The van der Waals surface area contributed by atoms with Crippen molar-refractivity contribution in [2.75, 3.05) is 19.6 Å². The van der Waals surface area contributed by atoms with Gasteiger partial charge in [0.2, 0.25) is 11.8 Å². The molecule has 2 heterocycles. The molecular formula is C14H25N3O3. The molecule has 20 heavy (non-hydrogen) atoms. The second-order valence-electron chi connectivity index (χ2n) is 6.37. The molecule has 0 bridgehead atoms. The Labute approximate surface area is 119 Å². The Kier molecular flexibility index (Phi) is 4.34. The first-order valence-corrected chi connectivity index (χ1v) is 7.39. The Morgan fingerprint density at radius 3 is 2.65 bits per heavy atom. The first kappa shape index (κ1) is 15.3. The number of aliphatic hydroxyl groups excluding tert-OH is 1. The minimum absolute atomic E-state index is 0.0550. The highest BCUT2D eigenvalue weighted by Crippen LogP contribution is 2.33. The molecule has 2 aliphatic heterocycles. The minimum atomic E-state index is -0.870. The van der Waals surface area contributed by atoms with Gasteiger partial charge < -0.3 is 20.6 Å². The van der Waals surface area contributed by atoms with Gasteiger partial charge in [-0.2, -0.15) is 0 Å². The van der Waals surface area contributed by atoms with E-state index in [2.05, 4.69) is 10.6 Å². The number of hydrogen-bond donors (Lipinski definition) is 3. The lowest BCUT2D eigenvalue weighted by Gasteiger charge is -2.50. The van der Waals surface area contributed by atoms with Crippen molar-refractivity contribution in [1.29, 1.82) is 0 Å². The molecule has 0 radical (unpaired) electrons. The maximum atomic E-state index is 12.3. The van der Waals surface area contributed by atoms with Crippen LogP contribution in [0.5, 0.6) is 0 Å². The minimum Gasteiger partial charge on any atom is -0.391 e. The molecule has 0 aliphatic carbocycles. The summed E-state index contributed by atoms with van der Waals surface area (Å²) in [6, 6.07) is -0.783. The quantitative estimate of drug-likeness (QED) is 0.593. The van der Waals surface area contributed by atoms with E-state index in [0.717, 1.165) is 19.4 Å². The van der Waals surface area contributed by atoms with Crippen molar-refractivity contribution in [3.8, 4) is 0 Å². The van der Waals surface area contributed by atoms with Crippen molar-refractivity contribution in [2.24, 2.45) is 5.92 Å². The number of aliphatic hydroxyl groups is 1. The summed E-state index contributed by atoms with van der Waals surface area (Å²) in [7, 11) is 0. The summed E-state index contributed by atoms with van der Waals surface area (Å²) < 4.78 is 0. The molecule has 2 rings (SSSR count). The first-order valence-electron chi connectivity index (χ1n) is 7.39. The van der Waals surface area contributed by atoms with Crippen LogP contribution in [0, 0.1) is 5.92 Å². The molecule has 0 saturated carbocycles. The molecule has 0 unspecified atom stereocenters. The third kappa shape index (κ3) is 2.67. The Morgan fingerprint density at radius 2 is 2.20 bits per heavy atom. The van der Waals surface area contributed by atoms with Crippen LogP contribution in [0.25, 0.3) is 0 Å². The SMILES string of the molecule is CC(C)CNC(=O)[C@H]([C@@H](C)O)N1C[C@@]2(CCCN2)C1=O. The van der Waals surface area contributed by atoms with Crippen LogP contribution in [0.3, 0.4) is 0 Å². The van der Waals surface area contributed by atoms with E-state index in [4.69, 9.17) is 0 Å². The molecule has 2 amide bonds. The van der Waals surface area contributed by atoms with E-state index in [1.54, 1.807) is 6.92 Å². The van der Waals surface area contributed by atoms with Gasteiger partial charge in [-0.05, 0) is 32.2 Å². The van der Waals surface area contributed by atoms with E-state index in [1.165, 1.54) is 4.90 Å². The maximum Gasteiger partial charge on any atom is 0.245 e. The largest absolute Gasteiger partial charge is 0.391 e. The van der Waals surface area contributed by atoms with Crippen molar-refractivity contribution in [2.45, 2.75) is 51.3 Å². The van der Waals surface area contributed by atoms with Gasteiger partial charge in [-0.15, -0.1) is 0 Å². The molecule has 3 atom stereocenters. The summed E-state index contributed by atoms with van der Waals surface area (Å²) in [5, 5.41) is 15.9. The molecule has 6 nitrogen and oxygen atoms in total. The van der Waals surface area contributed by atoms with Gasteiger partial charge in [0.1, 0.15) is 11.6 Å². The lowest BCUT2D eigenvalue weighted by Crippen LogP contribution is -2.76. The Morgan fingerprint density at radius 1 is 1.50 bits per heavy atom. The molecule has 2 saturated heterocycles. The summed E-state index contributed by atoms with van der Waals surface area (Å²) in [4.78, 5) is 26.0. The molecular weight excluding hydrogens is 258 g/mol. The zero-order valence-corrected chi connectivity index (χ0v) is 12.5. The predicted octanol–water partition coefficient (Wildman–Crippen LogP) is -0.528. The molecule has 2 aliphatic rings. The number of hydrogen-bond acceptors (Lipinski definition) is 4. The van der Waals surface area contributed by atoms with Crippen molar-refractivity contribution in [3.63, 3.8) is 0 Å². The van der Waals surface area contributed by atoms with Crippen LogP contribution in [0.2, 0.25) is 0 Å². The number of β-lactam (4-membered cyclic amide) rings is 1. The highest BCUT2D eigenvalue weighted by atomic mass is 16.3. The van der Waals surface area contributed by atoms with E-state index in [1.807, 2.05) is 13.8 Å². The van der Waals surface area contributed by atoms with Crippen LogP contribution >= 0.6 is 0 Å². The third-order valence-electron chi connectivity index (χ3n) is 4.10. The fourth-order valence-corrected chi connectivity index (χ4v) is 2.99. The molecule has 6 heteroatoms. The fourth-order valence-electron chi connectivity index (χ4n) is 2.99. The van der Waals surface area contributed by atoms with Crippen LogP contribution in [0.15, 0.2) is 0 Å². The zero-order valence-electron chi connectivity index (χ0n) is 12.5. The summed E-state index contributed by atoms with van der Waals surface area (Å²) in [6.07, 6.45) is 0.936. The zero-order chi connectivity index (χ0) is 14.9. The Bertz CT molecular complexity index is 389. The standard InChI is InChI=1S/C14H25N3O3/c1-9(2)7-15-12(19)11(10(3)18)17-8-14(13(17)20)5-4-6-16-14/h9-11,16,18H,4-8H2,1-3H3,(H,15,19)/t10-,11+,14+/m1/s1. The molecule has 0 aromatic carbocycles. The first-order chi connectivity index (χ1) is 9.37. The number of amides is 2. The smallest absolute Gasteiger partial charge is 0.245 e. The Hall–Kier alpha value is -1.14. The van der Waals surface area contributed by atoms with Crippen molar-refractivity contribution in [1.82, 2.24) is 15.5 Å². The number of likely N-dealkylation sites (tertiary alicyclic amines) is 1. The second-order valence-corrected chi connectivity index (χ2v) is 6.37. The van der Waals surface area contributed by atoms with Crippen LogP contribution in [-0.2, 0) is 9.59 Å². The summed E-state index contributed by atoms with van der Waals surface area (Å²) >= 11 is 0. The third-order valence-corrected chi connectivity index (χ3v) is 4.10. The number of carbonyl (C=O) groups is 2. The predicted molar refractivity (Wildman–Crippen MR) is 75.0 cm³/mol. The van der Waals surface area contributed by atoms with Crippen LogP contribution < -0.4 is 10.6 Å². The van der Waals surface area contributed by atoms with Gasteiger partial charge in [0.15, 0.2) is 0 Å². The molecule has 0 aromatic heterocycles. The van der Waals surface area contributed by atoms with Gasteiger partial charge in [0.25, 0.3) is 0 Å². The fraction of sp³-hybridized carbons (Fsp3) is 0.857. The van der Waals surface area contributed by atoms with Crippen LogP contribution in [0.4, 0.5) is 0 Å². The van der Waals surface area contributed by atoms with Gasteiger partial charge in [0, 0.05) is 13.1 Å². The topological polar surface area (TPSA) is 81.7 Å². The van der Waals surface area contributed by atoms with Crippen LogP contribution in [0.1, 0.15) is 33.6 Å². The van der Waals surface area contributed by atoms with E-state index in [9.17, 15) is 14.7 Å². The molecule has 0 aromatic rings. The second kappa shape index (κ2) is 5.69. The summed E-state index contributed by atoms with van der Waals surface area (Å²) in [6.45, 7) is 7.47. The van der Waals surface area contributed by atoms with Crippen molar-refractivity contribution < 1.29 is 14.7 Å². The number of carbonyl (C=O) groups excluding carboxylic acids is 2. The maximum absolute atomic E-state index is 12.3. The number of nitrogens with one attached hydrogen (secondary N) is 2. The molecule has 2 fully saturated rings. The van der Waals surface area contributed by atoms with Gasteiger partial charge in [-0.25, -0.2) is 0 Å². The molecule has 3 N–H and O–H groups in total. The van der Waals surface area contributed by atoms with Crippen molar-refractivity contribution in [3.05, 3.63) is 0 Å². The Balaban J connectivity index is 2.00. The lowest BCUT2D eigenvalue weighted by molar-refractivity contribution is -0.164. The highest BCUT2D eigenvalue weighted by molar-refractivity contribution is 5.97. The van der Waals surface area contributed by atoms with E-state index in [0.29, 0.717) is 19.0 Å². The average molecular weight is 283 g/mol. The van der Waals surface area contributed by atoms with E-state index < -0.39 is 17.7 Å². The van der Waals surface area contributed by atoms with Crippen molar-refractivity contribution >= 4 is 11.8 Å². The van der Waals surface area contributed by atoms with Gasteiger partial charge >= 0.3 is 0 Å². The lowest BCUT2D eigenvalue weighted by atomic mass is 9.84. The average Bonchev–Trinajstić information content (AvgIpc) is 2.86. The van der Waals surface area contributed by atoms with Gasteiger partial charge in [-0.1, -0.05) is 13.8 Å². The molecule has 114 valence electrons. The summed E-state index contributed by atoms with van der Waals surface area (Å²) in [5.74, 6) is 0.0130. The monoisotopic (exact) mass is 283 g/mol. The number of nitrogens with zero attached hydrogens (tertiary/aromatic N) is 1.